The predicted octanol–water partition coefficient (Wildman–Crippen LogP) is 4.06. The molecule has 0 aliphatic rings. The van der Waals surface area contributed by atoms with Crippen LogP contribution in [0.3, 0.4) is 0 Å². The van der Waals surface area contributed by atoms with Crippen LogP contribution in [0.5, 0.6) is 0 Å². The summed E-state index contributed by atoms with van der Waals surface area (Å²) in [5, 5.41) is 6.40. The van der Waals surface area contributed by atoms with Gasteiger partial charge in [-0.1, -0.05) is 36.4 Å². The van der Waals surface area contributed by atoms with Crippen LogP contribution in [0.4, 0.5) is 11.4 Å². The Labute approximate surface area is 157 Å². The number of sulfonamides is 1. The number of thiophene rings is 1. The smallest absolute Gasteiger partial charge is 0.256 e. The molecule has 0 radical (unpaired) electrons. The Balaban J connectivity index is 2.05. The Morgan fingerprint density at radius 2 is 1.77 bits per heavy atom. The molecule has 5 nitrogen and oxygen atoms in total. The zero-order valence-corrected chi connectivity index (χ0v) is 16.0. The van der Waals surface area contributed by atoms with Crippen LogP contribution < -0.4 is 9.62 Å². The molecule has 0 aliphatic heterocycles. The fourth-order valence-corrected chi connectivity index (χ4v) is 3.64. The summed E-state index contributed by atoms with van der Waals surface area (Å²) in [5.74, 6) is -0.278. The molecule has 1 amide bonds. The lowest BCUT2D eigenvalue weighted by Crippen LogP contribution is -2.26. The van der Waals surface area contributed by atoms with E-state index in [1.54, 1.807) is 23.6 Å². The van der Waals surface area contributed by atoms with Crippen LogP contribution in [-0.4, -0.2) is 27.6 Å². The van der Waals surface area contributed by atoms with Crippen molar-refractivity contribution in [3.8, 4) is 11.1 Å². The first kappa shape index (κ1) is 18.2. The maximum Gasteiger partial charge on any atom is 0.256 e. The summed E-state index contributed by atoms with van der Waals surface area (Å²) in [4.78, 5) is 12.5. The molecule has 1 aromatic heterocycles. The predicted molar refractivity (Wildman–Crippen MR) is 107 cm³/mol. The van der Waals surface area contributed by atoms with Crippen LogP contribution >= 0.6 is 11.3 Å². The molecule has 0 atom stereocenters. The first-order chi connectivity index (χ1) is 12.4. The van der Waals surface area contributed by atoms with Crippen LogP contribution in [0.25, 0.3) is 11.1 Å². The SMILES string of the molecule is CN(c1ccc(-c2ccccc2)cc1NC(=O)c1ccsc1)S(C)(=O)=O. The molecule has 1 N–H and O–H groups in total. The standard InChI is InChI=1S/C19H18N2O3S2/c1-21(26(2,23)24)18-9-8-15(14-6-4-3-5-7-14)12-17(18)20-19(22)16-10-11-25-13-16/h3-13H,1-2H3,(H,20,22). The number of carbonyl (C=O) groups is 1. The van der Waals surface area contributed by atoms with Crippen molar-refractivity contribution in [3.63, 3.8) is 0 Å². The minimum atomic E-state index is -3.46. The van der Waals surface area contributed by atoms with Gasteiger partial charge in [0.15, 0.2) is 0 Å². The van der Waals surface area contributed by atoms with Crippen molar-refractivity contribution in [2.45, 2.75) is 0 Å². The van der Waals surface area contributed by atoms with Crippen LogP contribution in [0.15, 0.2) is 65.4 Å². The minimum absolute atomic E-state index is 0.278. The van der Waals surface area contributed by atoms with E-state index in [-0.39, 0.29) is 5.91 Å². The topological polar surface area (TPSA) is 66.5 Å². The number of nitrogens with zero attached hydrogens (tertiary/aromatic N) is 1. The lowest BCUT2D eigenvalue weighted by Gasteiger charge is -2.21. The van der Waals surface area contributed by atoms with E-state index in [1.165, 1.54) is 18.4 Å². The van der Waals surface area contributed by atoms with E-state index in [9.17, 15) is 13.2 Å². The van der Waals surface area contributed by atoms with Crippen molar-refractivity contribution >= 4 is 38.6 Å². The summed E-state index contributed by atoms with van der Waals surface area (Å²) >= 11 is 1.43. The normalized spacial score (nSPS) is 11.2. The summed E-state index contributed by atoms with van der Waals surface area (Å²) in [5.41, 5.74) is 3.25. The number of hydrogen-bond donors (Lipinski definition) is 1. The average molecular weight is 386 g/mol. The van der Waals surface area contributed by atoms with Crippen molar-refractivity contribution < 1.29 is 13.2 Å². The van der Waals surface area contributed by atoms with Crippen molar-refractivity contribution in [1.29, 1.82) is 0 Å². The van der Waals surface area contributed by atoms with E-state index >= 15 is 0 Å². The van der Waals surface area contributed by atoms with E-state index in [1.807, 2.05) is 41.8 Å². The zero-order valence-electron chi connectivity index (χ0n) is 14.3. The maximum atomic E-state index is 12.5. The second-order valence-electron chi connectivity index (χ2n) is 5.79. The van der Waals surface area contributed by atoms with Crippen LogP contribution in [-0.2, 0) is 10.0 Å². The van der Waals surface area contributed by atoms with Crippen LogP contribution in [0.1, 0.15) is 10.4 Å². The number of amides is 1. The molecule has 3 rings (SSSR count). The molecular formula is C19H18N2O3S2. The highest BCUT2D eigenvalue weighted by Crippen LogP contribution is 2.32. The molecule has 2 aromatic carbocycles. The number of anilines is 2. The van der Waals surface area contributed by atoms with Crippen LogP contribution in [0, 0.1) is 0 Å². The number of rotatable bonds is 5. The molecule has 1 heterocycles. The highest BCUT2D eigenvalue weighted by Gasteiger charge is 2.18. The number of nitrogens with one attached hydrogen (secondary N) is 1. The molecule has 0 spiro atoms. The third kappa shape index (κ3) is 3.95. The molecule has 7 heteroatoms. The Bertz CT molecular complexity index is 1010. The second kappa shape index (κ2) is 7.31. The van der Waals surface area contributed by atoms with E-state index in [4.69, 9.17) is 0 Å². The molecule has 0 saturated heterocycles. The fraction of sp³-hybridized carbons (Fsp3) is 0.105. The van der Waals surface area contributed by atoms with Gasteiger partial charge in [0.1, 0.15) is 0 Å². The van der Waals surface area contributed by atoms with Gasteiger partial charge in [0, 0.05) is 12.4 Å². The third-order valence-electron chi connectivity index (χ3n) is 3.97. The van der Waals surface area contributed by atoms with Crippen LogP contribution in [0.2, 0.25) is 0 Å². The number of hydrogen-bond acceptors (Lipinski definition) is 4. The highest BCUT2D eigenvalue weighted by molar-refractivity contribution is 7.92. The molecule has 134 valence electrons. The Kier molecular flexibility index (Phi) is 5.11. The van der Waals surface area contributed by atoms with Gasteiger partial charge in [-0.05, 0) is 34.7 Å². The lowest BCUT2D eigenvalue weighted by molar-refractivity contribution is 0.102. The zero-order chi connectivity index (χ0) is 18.7. The number of carbonyl (C=O) groups excluding carboxylic acids is 1. The van der Waals surface area contributed by atoms with Gasteiger partial charge >= 0.3 is 0 Å². The summed E-state index contributed by atoms with van der Waals surface area (Å²) in [6, 6.07) is 16.7. The van der Waals surface area contributed by atoms with Crippen molar-refractivity contribution in [1.82, 2.24) is 0 Å². The van der Waals surface area contributed by atoms with Gasteiger partial charge in [-0.2, -0.15) is 11.3 Å². The first-order valence-corrected chi connectivity index (χ1v) is 10.6. The van der Waals surface area contributed by atoms with Crippen molar-refractivity contribution in [3.05, 3.63) is 70.9 Å². The summed E-state index contributed by atoms with van der Waals surface area (Å²) in [7, 11) is -2.00. The second-order valence-corrected chi connectivity index (χ2v) is 8.59. The van der Waals surface area contributed by atoms with Crippen molar-refractivity contribution in [2.75, 3.05) is 22.9 Å². The maximum absolute atomic E-state index is 12.5. The van der Waals surface area contributed by atoms with E-state index in [0.29, 0.717) is 16.9 Å². The van der Waals surface area contributed by atoms with Gasteiger partial charge in [0.25, 0.3) is 5.91 Å². The summed E-state index contributed by atoms with van der Waals surface area (Å²) < 4.78 is 25.1. The Hall–Kier alpha value is -2.64. The molecule has 0 aliphatic carbocycles. The molecule has 0 bridgehead atoms. The largest absolute Gasteiger partial charge is 0.320 e. The summed E-state index contributed by atoms with van der Waals surface area (Å²) in [6.45, 7) is 0. The van der Waals surface area contributed by atoms with E-state index < -0.39 is 10.0 Å². The van der Waals surface area contributed by atoms with Gasteiger partial charge in [-0.25, -0.2) is 8.42 Å². The first-order valence-electron chi connectivity index (χ1n) is 7.83. The Morgan fingerprint density at radius 3 is 2.38 bits per heavy atom. The van der Waals surface area contributed by atoms with Gasteiger partial charge in [0.2, 0.25) is 10.0 Å². The van der Waals surface area contributed by atoms with Gasteiger partial charge in [-0.3, -0.25) is 9.10 Å². The number of benzene rings is 2. The summed E-state index contributed by atoms with van der Waals surface area (Å²) in [6.07, 6.45) is 1.13. The van der Waals surface area contributed by atoms with Gasteiger partial charge in [0.05, 0.1) is 23.2 Å². The van der Waals surface area contributed by atoms with E-state index in [2.05, 4.69) is 5.32 Å². The van der Waals surface area contributed by atoms with Crippen molar-refractivity contribution in [2.24, 2.45) is 0 Å². The Morgan fingerprint density at radius 1 is 1.04 bits per heavy atom. The highest BCUT2D eigenvalue weighted by atomic mass is 32.2. The molecule has 26 heavy (non-hydrogen) atoms. The van der Waals surface area contributed by atoms with Gasteiger partial charge in [-0.15, -0.1) is 0 Å². The lowest BCUT2D eigenvalue weighted by atomic mass is 10.0. The molecule has 0 fully saturated rings. The monoisotopic (exact) mass is 386 g/mol. The minimum Gasteiger partial charge on any atom is -0.320 e. The van der Waals surface area contributed by atoms with E-state index in [0.717, 1.165) is 21.7 Å². The third-order valence-corrected chi connectivity index (χ3v) is 5.85. The molecule has 3 aromatic rings. The van der Waals surface area contributed by atoms with Gasteiger partial charge < -0.3 is 5.32 Å². The molecular weight excluding hydrogens is 368 g/mol. The average Bonchev–Trinajstić information content (AvgIpc) is 3.16. The fourth-order valence-electron chi connectivity index (χ4n) is 2.49. The quantitative estimate of drug-likeness (QED) is 0.719. The molecule has 0 saturated carbocycles. The molecule has 0 unspecified atom stereocenters.